The summed E-state index contributed by atoms with van der Waals surface area (Å²) < 4.78 is 38.9. The number of hydrogen-bond donors (Lipinski definition) is 4. The van der Waals surface area contributed by atoms with Crippen LogP contribution in [0.5, 0.6) is 5.75 Å². The molecule has 0 aliphatic carbocycles. The molecule has 0 atom stereocenters. The Bertz CT molecular complexity index is 1980. The molecule has 21 nitrogen and oxygen atoms in total. The van der Waals surface area contributed by atoms with Gasteiger partial charge in [-0.2, -0.15) is 0 Å². The van der Waals surface area contributed by atoms with Crippen LogP contribution in [0, 0.1) is 5.41 Å². The molecular weight excluding hydrogens is 909 g/mol. The number of benzene rings is 1. The number of amides is 6. The average molecular weight is 991 g/mol. The van der Waals surface area contributed by atoms with Crippen molar-refractivity contribution in [3.63, 3.8) is 0 Å². The lowest BCUT2D eigenvalue weighted by atomic mass is 10.1. The summed E-state index contributed by atoms with van der Waals surface area (Å²) in [5, 5.41) is 16.1. The second-order valence-electron chi connectivity index (χ2n) is 22.1. The van der Waals surface area contributed by atoms with E-state index in [2.05, 4.69) is 25.9 Å². The highest BCUT2D eigenvalue weighted by Gasteiger charge is 2.35. The Morgan fingerprint density at radius 2 is 0.900 bits per heavy atom. The van der Waals surface area contributed by atoms with Crippen molar-refractivity contribution in [3.8, 4) is 5.75 Å². The molecule has 1 aromatic carbocycles. The van der Waals surface area contributed by atoms with E-state index in [1.54, 1.807) is 149 Å². The van der Waals surface area contributed by atoms with Gasteiger partial charge in [-0.3, -0.25) is 16.0 Å². The first-order valence-corrected chi connectivity index (χ1v) is 23.5. The Kier molecular flexibility index (Phi) is 23.6. The zero-order valence-corrected chi connectivity index (χ0v) is 45.0. The first-order valence-electron chi connectivity index (χ1n) is 23.5. The molecule has 0 heterocycles. The Hall–Kier alpha value is -6.15. The largest absolute Gasteiger partial charge is 0.494 e. The molecule has 4 N–H and O–H groups in total. The van der Waals surface area contributed by atoms with E-state index in [1.165, 1.54) is 0 Å². The van der Waals surface area contributed by atoms with E-state index >= 15 is 0 Å². The topological polar surface area (TPSA) is 258 Å². The van der Waals surface area contributed by atoms with Crippen molar-refractivity contribution in [2.75, 3.05) is 26.2 Å². The van der Waals surface area contributed by atoms with Crippen LogP contribution in [0.15, 0.2) is 34.3 Å². The Balaban J connectivity index is 3.35. The minimum atomic E-state index is -1.06. The molecule has 6 amide bonds. The molecule has 0 fully saturated rings. The molecule has 0 aliphatic heterocycles. The molecular formula is C49H82N8O13. The second-order valence-corrected chi connectivity index (χ2v) is 22.1. The Morgan fingerprint density at radius 3 is 1.36 bits per heavy atom. The van der Waals surface area contributed by atoms with Gasteiger partial charge in [0.25, 0.3) is 0 Å². The highest BCUT2D eigenvalue weighted by molar-refractivity contribution is 6.05. The number of hydrogen-bond acceptors (Lipinski definition) is 14. The number of rotatable bonds is 14. The predicted molar refractivity (Wildman–Crippen MR) is 266 cm³/mol. The van der Waals surface area contributed by atoms with E-state index < -0.39 is 70.2 Å². The molecule has 21 heteroatoms. The van der Waals surface area contributed by atoms with E-state index in [9.17, 15) is 28.8 Å². The van der Waals surface area contributed by atoms with E-state index in [4.69, 9.17) is 38.6 Å². The fraction of sp³-hybridized carbons (Fsp3) is 0.694. The van der Waals surface area contributed by atoms with Crippen LogP contribution >= 0.6 is 0 Å². The minimum absolute atomic E-state index is 0.0266. The van der Waals surface area contributed by atoms with Crippen LogP contribution in [0.3, 0.4) is 0 Å². The Morgan fingerprint density at radius 1 is 0.500 bits per heavy atom. The number of nitrogens with zero attached hydrogens (tertiary/aromatic N) is 4. The summed E-state index contributed by atoms with van der Waals surface area (Å²) >= 11 is 0. The van der Waals surface area contributed by atoms with Gasteiger partial charge in [0.2, 0.25) is 11.9 Å². The van der Waals surface area contributed by atoms with Crippen molar-refractivity contribution >= 4 is 54.3 Å². The van der Waals surface area contributed by atoms with Gasteiger partial charge in [0.05, 0.1) is 6.61 Å². The second kappa shape index (κ2) is 26.7. The molecule has 0 saturated carbocycles. The highest BCUT2D eigenvalue weighted by atomic mass is 16.6. The SMILES string of the molecule is CC(C)(C)OC(=O)/N=C(/N(CCCCCCCN/C(=N\C(=O)OC(C)(C)C)NC(=O)OC(C)(C)C)C(=O)OC(C)(C)C)N(CCCOc1ccc(C(=N)NC(=O)OC(C)(C)C)cc1)C(=O)OC(C)(C)C. The third-order valence-corrected chi connectivity index (χ3v) is 7.93. The quantitative estimate of drug-likeness (QED) is 0.0585. The molecule has 0 unspecified atom stereocenters. The van der Waals surface area contributed by atoms with Gasteiger partial charge in [-0.25, -0.2) is 38.6 Å². The van der Waals surface area contributed by atoms with Gasteiger partial charge in [0, 0.05) is 25.2 Å². The van der Waals surface area contributed by atoms with Gasteiger partial charge >= 0.3 is 36.6 Å². The molecule has 1 rings (SSSR count). The van der Waals surface area contributed by atoms with Crippen molar-refractivity contribution in [2.24, 2.45) is 9.98 Å². The molecule has 0 spiro atoms. The summed E-state index contributed by atoms with van der Waals surface area (Å²) in [4.78, 5) is 89.1. The normalized spacial score (nSPS) is 12.7. The summed E-state index contributed by atoms with van der Waals surface area (Å²) in [7, 11) is 0. The lowest BCUT2D eigenvalue weighted by molar-refractivity contribution is 0.0267. The summed E-state index contributed by atoms with van der Waals surface area (Å²) in [5.41, 5.74) is -4.87. The van der Waals surface area contributed by atoms with Crippen molar-refractivity contribution < 1.29 is 61.9 Å². The predicted octanol–water partition coefficient (Wildman–Crippen LogP) is 10.4. The van der Waals surface area contributed by atoms with E-state index in [0.717, 1.165) is 9.80 Å². The van der Waals surface area contributed by atoms with Gasteiger partial charge < -0.3 is 38.5 Å². The summed E-state index contributed by atoms with van der Waals surface area (Å²) in [6.45, 7) is 30.6. The summed E-state index contributed by atoms with van der Waals surface area (Å²) in [6.07, 6.45) is -2.19. The number of guanidine groups is 2. The van der Waals surface area contributed by atoms with Crippen LogP contribution in [-0.4, -0.2) is 124 Å². The number of aliphatic imine (C=N–C) groups is 2. The van der Waals surface area contributed by atoms with Gasteiger partial charge in [-0.05, 0) is 168 Å². The highest BCUT2D eigenvalue weighted by Crippen LogP contribution is 2.20. The standard InChI is InChI=1S/C49H82N8O13/c1-44(2,3)65-38(58)52-35(50)33-25-27-34(28-26-33)64-32-24-31-57(43(63)70-49(16,17)18)37(55-41(61)68-47(10,11)12)56(42(62)69-48(13,14)15)30-23-21-19-20-22-29-51-36(53-39(59)66-45(4,5)6)54-40(60)67-46(7,8)9/h25-28H,19-24,29-32H2,1-18H3,(H2,50,52,58)(H2,51,53,54,59,60)/b55-37-. The fourth-order valence-corrected chi connectivity index (χ4v) is 5.44. The first kappa shape index (κ1) is 61.9. The lowest BCUT2D eigenvalue weighted by Crippen LogP contribution is -2.53. The number of carbonyl (C=O) groups is 6. The maximum atomic E-state index is 14.1. The van der Waals surface area contributed by atoms with Crippen LogP contribution in [0.4, 0.5) is 28.8 Å². The number of unbranched alkanes of at least 4 members (excludes halogenated alkanes) is 4. The molecule has 70 heavy (non-hydrogen) atoms. The van der Waals surface area contributed by atoms with Gasteiger partial charge in [-0.15, -0.1) is 9.98 Å². The number of alkyl carbamates (subject to hydrolysis) is 2. The molecule has 0 radical (unpaired) electrons. The van der Waals surface area contributed by atoms with Crippen molar-refractivity contribution in [2.45, 2.75) is 197 Å². The third kappa shape index (κ3) is 29.7. The van der Waals surface area contributed by atoms with Crippen molar-refractivity contribution in [1.82, 2.24) is 25.8 Å². The fourth-order valence-electron chi connectivity index (χ4n) is 5.44. The zero-order valence-electron chi connectivity index (χ0n) is 45.0. The number of carbonyl (C=O) groups excluding carboxylic acids is 6. The third-order valence-electron chi connectivity index (χ3n) is 7.93. The monoisotopic (exact) mass is 991 g/mol. The van der Waals surface area contributed by atoms with Crippen LogP contribution in [-0.2, 0) is 28.4 Å². The number of amidine groups is 1. The molecule has 0 aliphatic rings. The first-order chi connectivity index (χ1) is 31.8. The minimum Gasteiger partial charge on any atom is -0.494 e. The van der Waals surface area contributed by atoms with E-state index in [-0.39, 0.29) is 43.9 Å². The smallest absolute Gasteiger partial charge is 0.437 e. The summed E-state index contributed by atoms with van der Waals surface area (Å²) in [5.74, 6) is -0.229. The average Bonchev–Trinajstić information content (AvgIpc) is 3.12. The van der Waals surface area contributed by atoms with Crippen molar-refractivity contribution in [3.05, 3.63) is 29.8 Å². The van der Waals surface area contributed by atoms with Gasteiger partial charge in [0.15, 0.2) is 0 Å². The van der Waals surface area contributed by atoms with Gasteiger partial charge in [0.1, 0.15) is 45.2 Å². The molecule has 396 valence electrons. The molecule has 0 saturated heterocycles. The van der Waals surface area contributed by atoms with E-state index in [1.807, 2.05) is 0 Å². The Labute approximate surface area is 415 Å². The zero-order chi connectivity index (χ0) is 53.9. The van der Waals surface area contributed by atoms with Crippen LogP contribution in [0.2, 0.25) is 0 Å². The van der Waals surface area contributed by atoms with Crippen LogP contribution < -0.4 is 20.7 Å². The van der Waals surface area contributed by atoms with Gasteiger partial charge in [-0.1, -0.05) is 19.3 Å². The maximum absolute atomic E-state index is 14.1. The number of nitrogens with one attached hydrogen (secondary N) is 4. The molecule has 0 aromatic heterocycles. The maximum Gasteiger partial charge on any atom is 0.437 e. The molecule has 0 bridgehead atoms. The molecule has 1 aromatic rings. The lowest BCUT2D eigenvalue weighted by Gasteiger charge is -2.34. The van der Waals surface area contributed by atoms with Crippen LogP contribution in [0.25, 0.3) is 0 Å². The summed E-state index contributed by atoms with van der Waals surface area (Å²) in [6, 6.07) is 6.42. The number of ether oxygens (including phenoxy) is 7. The van der Waals surface area contributed by atoms with Crippen molar-refractivity contribution in [1.29, 1.82) is 5.41 Å². The van der Waals surface area contributed by atoms with E-state index in [0.29, 0.717) is 50.0 Å². The van der Waals surface area contributed by atoms with Crippen LogP contribution in [0.1, 0.15) is 169 Å².